The molecule has 0 fully saturated rings. The van der Waals surface area contributed by atoms with Crippen LogP contribution in [0.15, 0.2) is 71.6 Å². The average Bonchev–Trinajstić information content (AvgIpc) is 3.10. The van der Waals surface area contributed by atoms with Crippen molar-refractivity contribution in [2.24, 2.45) is 0 Å². The molecule has 0 spiro atoms. The fourth-order valence-electron chi connectivity index (χ4n) is 3.75. The number of esters is 1. The first-order valence-corrected chi connectivity index (χ1v) is 12.2. The molecule has 3 aromatic rings. The van der Waals surface area contributed by atoms with E-state index in [-0.39, 0.29) is 42.3 Å². The number of nitrogens with zero attached hydrogens (tertiary/aromatic N) is 1. The van der Waals surface area contributed by atoms with Crippen LogP contribution in [-0.2, 0) is 27.8 Å². The minimum Gasteiger partial charge on any atom is -0.492 e. The molecule has 10 heteroatoms. The van der Waals surface area contributed by atoms with E-state index in [4.69, 9.17) is 9.47 Å². The Balaban J connectivity index is 1.58. The molecule has 1 amide bonds. The maximum Gasteiger partial charge on any atom is 0.339 e. The number of amides is 1. The van der Waals surface area contributed by atoms with Gasteiger partial charge in [-0.15, -0.1) is 0 Å². The second-order valence-corrected chi connectivity index (χ2v) is 9.68. The van der Waals surface area contributed by atoms with Gasteiger partial charge in [0.2, 0.25) is 10.0 Å². The second-order valence-electron chi connectivity index (χ2n) is 7.77. The molecular weight excluding hydrogens is 475 g/mol. The minimum absolute atomic E-state index is 0.00388. The largest absolute Gasteiger partial charge is 0.492 e. The van der Waals surface area contributed by atoms with E-state index in [1.807, 2.05) is 0 Å². The Morgan fingerprint density at radius 3 is 2.60 bits per heavy atom. The van der Waals surface area contributed by atoms with E-state index < -0.39 is 27.7 Å². The highest BCUT2D eigenvalue weighted by molar-refractivity contribution is 7.89. The van der Waals surface area contributed by atoms with E-state index in [2.05, 4.69) is 5.32 Å². The third-order valence-corrected chi connectivity index (χ3v) is 7.48. The van der Waals surface area contributed by atoms with Crippen molar-refractivity contribution in [2.45, 2.75) is 18.0 Å². The summed E-state index contributed by atoms with van der Waals surface area (Å²) in [7, 11) is -2.91. The van der Waals surface area contributed by atoms with Crippen LogP contribution in [-0.4, -0.2) is 44.9 Å². The van der Waals surface area contributed by atoms with Crippen molar-refractivity contribution in [3.8, 4) is 5.75 Å². The fourth-order valence-corrected chi connectivity index (χ4v) is 5.33. The number of nitrogens with one attached hydrogen (secondary N) is 1. The number of ether oxygens (including phenoxy) is 2. The lowest BCUT2D eigenvalue weighted by Crippen LogP contribution is -2.33. The lowest BCUT2D eigenvalue weighted by molar-refractivity contribution is 0.0596. The summed E-state index contributed by atoms with van der Waals surface area (Å²) >= 11 is 0. The van der Waals surface area contributed by atoms with Crippen molar-refractivity contribution in [2.75, 3.05) is 20.3 Å². The Labute approximate surface area is 202 Å². The molecule has 182 valence electrons. The zero-order valence-electron chi connectivity index (χ0n) is 18.9. The lowest BCUT2D eigenvalue weighted by atomic mass is 10.1. The molecule has 0 aliphatic carbocycles. The number of hydrogen-bond acceptors (Lipinski definition) is 6. The molecule has 1 N–H and O–H groups in total. The van der Waals surface area contributed by atoms with Crippen molar-refractivity contribution < 1.29 is 31.9 Å². The van der Waals surface area contributed by atoms with E-state index in [1.165, 1.54) is 35.7 Å². The predicted molar refractivity (Wildman–Crippen MR) is 125 cm³/mol. The van der Waals surface area contributed by atoms with Crippen molar-refractivity contribution >= 4 is 21.9 Å². The monoisotopic (exact) mass is 498 g/mol. The van der Waals surface area contributed by atoms with Gasteiger partial charge in [-0.3, -0.25) is 4.79 Å². The molecule has 4 rings (SSSR count). The highest BCUT2D eigenvalue weighted by atomic mass is 32.2. The van der Waals surface area contributed by atoms with Gasteiger partial charge in [0.05, 0.1) is 17.6 Å². The number of halogens is 1. The third-order valence-electron chi connectivity index (χ3n) is 5.58. The first kappa shape index (κ1) is 24.4. The zero-order valence-corrected chi connectivity index (χ0v) is 19.7. The van der Waals surface area contributed by atoms with Gasteiger partial charge in [-0.1, -0.05) is 30.3 Å². The Morgan fingerprint density at radius 1 is 1.09 bits per heavy atom. The third kappa shape index (κ3) is 5.18. The molecule has 0 saturated heterocycles. The van der Waals surface area contributed by atoms with E-state index >= 15 is 0 Å². The molecule has 0 unspecified atom stereocenters. The SMILES string of the molecule is COC(=O)c1ccccc1S(=O)(=O)N1CCOc2ccc(C(=O)NCc3ccccc3F)cc2C1. The van der Waals surface area contributed by atoms with Gasteiger partial charge in [-0.2, -0.15) is 4.31 Å². The van der Waals surface area contributed by atoms with Crippen LogP contribution in [0.4, 0.5) is 4.39 Å². The molecule has 35 heavy (non-hydrogen) atoms. The highest BCUT2D eigenvalue weighted by Gasteiger charge is 2.31. The Hall–Kier alpha value is -3.76. The number of fused-ring (bicyclic) bond motifs is 1. The number of hydrogen-bond donors (Lipinski definition) is 1. The quantitative estimate of drug-likeness (QED) is 0.524. The van der Waals surface area contributed by atoms with Gasteiger partial charge in [-0.25, -0.2) is 17.6 Å². The highest BCUT2D eigenvalue weighted by Crippen LogP contribution is 2.29. The van der Waals surface area contributed by atoms with Crippen LogP contribution in [0.5, 0.6) is 5.75 Å². The van der Waals surface area contributed by atoms with E-state index in [0.29, 0.717) is 16.9 Å². The van der Waals surface area contributed by atoms with Gasteiger partial charge in [-0.05, 0) is 36.4 Å². The maximum atomic E-state index is 13.8. The van der Waals surface area contributed by atoms with Crippen LogP contribution >= 0.6 is 0 Å². The van der Waals surface area contributed by atoms with Crippen molar-refractivity contribution in [3.63, 3.8) is 0 Å². The number of methoxy groups -OCH3 is 1. The summed E-state index contributed by atoms with van der Waals surface area (Å²) in [6, 6.07) is 16.7. The summed E-state index contributed by atoms with van der Waals surface area (Å²) < 4.78 is 52.4. The molecule has 0 atom stereocenters. The molecule has 3 aromatic carbocycles. The van der Waals surface area contributed by atoms with Gasteiger partial charge in [0, 0.05) is 36.3 Å². The normalized spacial score (nSPS) is 13.8. The van der Waals surface area contributed by atoms with Crippen LogP contribution in [0.3, 0.4) is 0 Å². The molecule has 8 nitrogen and oxygen atoms in total. The number of carbonyl (C=O) groups excluding carboxylic acids is 2. The standard InChI is InChI=1S/C25H23FN2O6S/c1-33-25(30)20-7-3-5-9-23(20)35(31,32)28-12-13-34-22-11-10-17(14-19(22)16-28)24(29)27-15-18-6-2-4-8-21(18)26/h2-11,14H,12-13,15-16H2,1H3,(H,27,29). The Kier molecular flexibility index (Phi) is 7.13. The van der Waals surface area contributed by atoms with E-state index in [0.717, 1.165) is 0 Å². The first-order valence-electron chi connectivity index (χ1n) is 10.8. The van der Waals surface area contributed by atoms with Crippen LogP contribution in [0.25, 0.3) is 0 Å². The molecule has 1 heterocycles. The Morgan fingerprint density at radius 2 is 1.83 bits per heavy atom. The first-order chi connectivity index (χ1) is 16.8. The van der Waals surface area contributed by atoms with Crippen LogP contribution in [0, 0.1) is 5.82 Å². The van der Waals surface area contributed by atoms with Gasteiger partial charge in [0.25, 0.3) is 5.91 Å². The summed E-state index contributed by atoms with van der Waals surface area (Å²) in [5, 5.41) is 2.67. The van der Waals surface area contributed by atoms with Gasteiger partial charge < -0.3 is 14.8 Å². The summed E-state index contributed by atoms with van der Waals surface area (Å²) in [6.07, 6.45) is 0. The molecule has 0 bridgehead atoms. The zero-order chi connectivity index (χ0) is 25.0. The molecular formula is C25H23FN2O6S. The summed E-state index contributed by atoms with van der Waals surface area (Å²) in [5.41, 5.74) is 1.04. The van der Waals surface area contributed by atoms with E-state index in [9.17, 15) is 22.4 Å². The van der Waals surface area contributed by atoms with Crippen molar-refractivity contribution in [1.82, 2.24) is 9.62 Å². The van der Waals surface area contributed by atoms with Crippen molar-refractivity contribution in [3.05, 3.63) is 94.8 Å². The summed E-state index contributed by atoms with van der Waals surface area (Å²) in [5.74, 6) is -1.17. The van der Waals surface area contributed by atoms with Gasteiger partial charge in [0.15, 0.2) is 0 Å². The minimum atomic E-state index is -4.09. The predicted octanol–water partition coefficient (Wildman–Crippen LogP) is 3.13. The fraction of sp³-hybridized carbons (Fsp3) is 0.200. The van der Waals surface area contributed by atoms with Crippen LogP contribution < -0.4 is 10.1 Å². The Bertz CT molecular complexity index is 1380. The average molecular weight is 499 g/mol. The molecule has 1 aliphatic rings. The summed E-state index contributed by atoms with van der Waals surface area (Å²) in [6.45, 7) is 0.0678. The smallest absolute Gasteiger partial charge is 0.339 e. The number of sulfonamides is 1. The number of benzene rings is 3. The number of carbonyl (C=O) groups is 2. The van der Waals surface area contributed by atoms with Crippen LogP contribution in [0.2, 0.25) is 0 Å². The summed E-state index contributed by atoms with van der Waals surface area (Å²) in [4.78, 5) is 24.7. The lowest BCUT2D eigenvalue weighted by Gasteiger charge is -2.21. The van der Waals surface area contributed by atoms with Gasteiger partial charge in [0.1, 0.15) is 18.2 Å². The van der Waals surface area contributed by atoms with Crippen molar-refractivity contribution in [1.29, 1.82) is 0 Å². The molecule has 0 radical (unpaired) electrons. The van der Waals surface area contributed by atoms with E-state index in [1.54, 1.807) is 42.5 Å². The topological polar surface area (TPSA) is 102 Å². The molecule has 0 aromatic heterocycles. The van der Waals surface area contributed by atoms with Crippen LogP contribution in [0.1, 0.15) is 31.8 Å². The second kappa shape index (κ2) is 10.2. The number of rotatable bonds is 6. The molecule has 1 aliphatic heterocycles. The maximum absolute atomic E-state index is 13.8. The molecule has 0 saturated carbocycles. The van der Waals surface area contributed by atoms with Gasteiger partial charge >= 0.3 is 5.97 Å².